The molecule has 0 bridgehead atoms. The molecule has 0 saturated carbocycles. The Bertz CT molecular complexity index is 2350. The van der Waals surface area contributed by atoms with Crippen LogP contribution in [0.3, 0.4) is 0 Å². The summed E-state index contributed by atoms with van der Waals surface area (Å²) in [5.74, 6) is 0.267. The maximum atomic E-state index is 12.8. The molecule has 0 fully saturated rings. The van der Waals surface area contributed by atoms with Gasteiger partial charge in [0.05, 0.1) is 45.9 Å². The van der Waals surface area contributed by atoms with Crippen molar-refractivity contribution in [2.24, 2.45) is 0 Å². The van der Waals surface area contributed by atoms with E-state index < -0.39 is 6.10 Å². The maximum Gasteiger partial charge on any atom is 0.251 e. The van der Waals surface area contributed by atoms with Crippen LogP contribution in [0.1, 0.15) is 27.6 Å². The Morgan fingerprint density at radius 2 is 1.64 bits per heavy atom. The lowest BCUT2D eigenvalue weighted by molar-refractivity contribution is 0.0280. The minimum absolute atomic E-state index is 0.203. The number of ether oxygens (including phenoxy) is 4. The molecule has 0 aliphatic carbocycles. The van der Waals surface area contributed by atoms with E-state index in [1.807, 2.05) is 41.2 Å². The van der Waals surface area contributed by atoms with Crippen LogP contribution in [0.4, 0.5) is 0 Å². The summed E-state index contributed by atoms with van der Waals surface area (Å²) < 4.78 is 25.1. The number of carbonyl (C=O) groups is 1. The molecule has 4 heterocycles. The summed E-state index contributed by atoms with van der Waals surface area (Å²) in [5.41, 5.74) is 6.12. The first-order chi connectivity index (χ1) is 26.9. The third kappa shape index (κ3) is 10.0. The lowest BCUT2D eigenvalue weighted by Crippen LogP contribution is -2.27. The monoisotopic (exact) mass is 798 g/mol. The first-order valence-electron chi connectivity index (χ1n) is 17.6. The molecule has 14 heteroatoms. The molecular formula is C41H37Cl3N6O5. The fraction of sp³-hybridized carbons (Fsp3) is 0.220. The highest BCUT2D eigenvalue weighted by Crippen LogP contribution is 2.32. The molecule has 0 spiro atoms. The molecule has 7 aromatic rings. The summed E-state index contributed by atoms with van der Waals surface area (Å²) >= 11 is 19.2. The zero-order valence-corrected chi connectivity index (χ0v) is 31.9. The van der Waals surface area contributed by atoms with Crippen molar-refractivity contribution in [3.8, 4) is 17.0 Å². The Morgan fingerprint density at radius 1 is 0.782 bits per heavy atom. The van der Waals surface area contributed by atoms with Crippen LogP contribution in [0.15, 0.2) is 110 Å². The topological polar surface area (TPSA) is 125 Å². The van der Waals surface area contributed by atoms with Crippen LogP contribution in [-0.4, -0.2) is 70.0 Å². The van der Waals surface area contributed by atoms with Crippen LogP contribution in [0.5, 0.6) is 5.88 Å². The van der Waals surface area contributed by atoms with Crippen molar-refractivity contribution >= 4 is 62.5 Å². The second-order valence-corrected chi connectivity index (χ2v) is 13.8. The van der Waals surface area contributed by atoms with Crippen LogP contribution in [0.25, 0.3) is 32.9 Å². The van der Waals surface area contributed by atoms with E-state index in [9.17, 15) is 4.79 Å². The normalized spacial score (nSPS) is 12.0. The number of nitrogens with zero attached hydrogens (tertiary/aromatic N) is 4. The summed E-state index contributed by atoms with van der Waals surface area (Å²) in [6.07, 6.45) is 10.3. The van der Waals surface area contributed by atoms with E-state index in [2.05, 4.69) is 43.5 Å². The number of carbonyl (C=O) groups excluding carboxylic acids is 1. The molecule has 1 unspecified atom stereocenters. The first-order valence-corrected chi connectivity index (χ1v) is 18.7. The number of hydrogen-bond acceptors (Lipinski definition) is 8. The zero-order chi connectivity index (χ0) is 38.0. The number of rotatable bonds is 18. The van der Waals surface area contributed by atoms with Crippen molar-refractivity contribution in [1.29, 1.82) is 0 Å². The van der Waals surface area contributed by atoms with Crippen molar-refractivity contribution in [1.82, 2.24) is 29.8 Å². The van der Waals surface area contributed by atoms with Crippen LogP contribution in [0.2, 0.25) is 15.1 Å². The molecule has 0 aliphatic heterocycles. The van der Waals surface area contributed by atoms with Crippen LogP contribution < -0.4 is 10.1 Å². The van der Waals surface area contributed by atoms with E-state index in [-0.39, 0.29) is 12.5 Å². The Kier molecular flexibility index (Phi) is 12.9. The Labute approximate surface area is 332 Å². The van der Waals surface area contributed by atoms with E-state index in [1.54, 1.807) is 55.2 Å². The lowest BCUT2D eigenvalue weighted by Gasteiger charge is -2.21. The number of nitrogens with one attached hydrogen (secondary N) is 2. The first kappa shape index (κ1) is 38.3. The summed E-state index contributed by atoms with van der Waals surface area (Å²) in [5, 5.41) is 6.55. The molecule has 7 rings (SSSR count). The number of aromatic nitrogens is 5. The van der Waals surface area contributed by atoms with Gasteiger partial charge in [-0.05, 0) is 53.6 Å². The summed E-state index contributed by atoms with van der Waals surface area (Å²) in [4.78, 5) is 29.0. The predicted molar refractivity (Wildman–Crippen MR) is 214 cm³/mol. The molecular weight excluding hydrogens is 763 g/mol. The van der Waals surface area contributed by atoms with Gasteiger partial charge in [0.15, 0.2) is 0 Å². The minimum Gasteiger partial charge on any atom is -0.475 e. The van der Waals surface area contributed by atoms with Gasteiger partial charge in [-0.2, -0.15) is 0 Å². The smallest absolute Gasteiger partial charge is 0.251 e. The van der Waals surface area contributed by atoms with E-state index in [0.717, 1.165) is 44.1 Å². The van der Waals surface area contributed by atoms with Crippen LogP contribution >= 0.6 is 34.8 Å². The van der Waals surface area contributed by atoms with Gasteiger partial charge in [0.25, 0.3) is 5.91 Å². The highest BCUT2D eigenvalue weighted by Gasteiger charge is 2.18. The fourth-order valence-corrected chi connectivity index (χ4v) is 6.78. The molecule has 11 nitrogen and oxygen atoms in total. The van der Waals surface area contributed by atoms with Gasteiger partial charge >= 0.3 is 0 Å². The van der Waals surface area contributed by atoms with Gasteiger partial charge in [0, 0.05) is 97.2 Å². The number of hydrogen-bond donors (Lipinski definition) is 2. The Hall–Kier alpha value is -5.01. The molecule has 282 valence electrons. The van der Waals surface area contributed by atoms with E-state index in [4.69, 9.17) is 53.8 Å². The van der Waals surface area contributed by atoms with Crippen LogP contribution in [-0.2, 0) is 27.4 Å². The largest absolute Gasteiger partial charge is 0.475 e. The molecule has 0 radical (unpaired) electrons. The average molecular weight is 800 g/mol. The zero-order valence-electron chi connectivity index (χ0n) is 29.6. The van der Waals surface area contributed by atoms with Crippen molar-refractivity contribution in [2.45, 2.75) is 19.3 Å². The quantitative estimate of drug-likeness (QED) is 0.0827. The van der Waals surface area contributed by atoms with Gasteiger partial charge in [0.1, 0.15) is 12.7 Å². The van der Waals surface area contributed by atoms with Crippen molar-refractivity contribution < 1.29 is 23.7 Å². The fourth-order valence-electron chi connectivity index (χ4n) is 6.01. The summed E-state index contributed by atoms with van der Waals surface area (Å²) in [6, 6.07) is 22.5. The predicted octanol–water partition coefficient (Wildman–Crippen LogP) is 8.73. The second-order valence-electron chi connectivity index (χ2n) is 12.6. The molecule has 1 amide bonds. The number of pyridine rings is 2. The Morgan fingerprint density at radius 3 is 2.44 bits per heavy atom. The highest BCUT2D eigenvalue weighted by molar-refractivity contribution is 6.35. The van der Waals surface area contributed by atoms with Gasteiger partial charge in [-0.25, -0.2) is 9.97 Å². The Balaban J connectivity index is 0.773. The lowest BCUT2D eigenvalue weighted by atomic mass is 10.1. The van der Waals surface area contributed by atoms with E-state index >= 15 is 0 Å². The second kappa shape index (κ2) is 18.5. The SMILES string of the molecule is O=C(NCCOCCOCCOc1ccc(-c2ccc3c(c2)[nH]c2ccncc23)cn1)c1ccc(COC(Cn2ccnc2)c2ccc(Cl)cc2Cl)c(Cl)c1. The van der Waals surface area contributed by atoms with Gasteiger partial charge < -0.3 is 33.8 Å². The van der Waals surface area contributed by atoms with Crippen molar-refractivity contribution in [2.75, 3.05) is 39.6 Å². The van der Waals surface area contributed by atoms with Crippen LogP contribution in [0, 0.1) is 0 Å². The van der Waals surface area contributed by atoms with Crippen molar-refractivity contribution in [3.05, 3.63) is 142 Å². The van der Waals surface area contributed by atoms with Gasteiger partial charge in [-0.3, -0.25) is 9.78 Å². The van der Waals surface area contributed by atoms with E-state index in [1.165, 1.54) is 0 Å². The molecule has 2 N–H and O–H groups in total. The number of H-pyrrole nitrogens is 1. The van der Waals surface area contributed by atoms with Gasteiger partial charge in [0.2, 0.25) is 5.88 Å². The van der Waals surface area contributed by atoms with Gasteiger partial charge in [-0.1, -0.05) is 59.1 Å². The number of benzene rings is 3. The molecule has 1 atom stereocenters. The third-order valence-electron chi connectivity index (χ3n) is 8.85. The van der Waals surface area contributed by atoms with Crippen molar-refractivity contribution in [3.63, 3.8) is 0 Å². The average Bonchev–Trinajstić information content (AvgIpc) is 3.85. The minimum atomic E-state index is -0.393. The number of imidazole rings is 1. The molecule has 3 aromatic carbocycles. The number of aromatic amines is 1. The molecule has 0 aliphatic rings. The maximum absolute atomic E-state index is 12.8. The number of fused-ring (bicyclic) bond motifs is 3. The number of halogens is 3. The highest BCUT2D eigenvalue weighted by atomic mass is 35.5. The molecule has 0 saturated heterocycles. The molecule has 55 heavy (non-hydrogen) atoms. The third-order valence-corrected chi connectivity index (χ3v) is 9.77. The summed E-state index contributed by atoms with van der Waals surface area (Å²) in [6.45, 7) is 2.86. The standard InChI is InChI=1S/C41H37Cl3N6O5/c42-31-5-7-33(36(44)21-31)39(24-50-13-11-46-26-50)55-25-30-2-1-28(19-35(30)43)41(51)47-12-14-52-15-16-53-17-18-54-40-8-4-29(22-48-40)27-3-6-32-34-23-45-10-9-37(34)49-38(32)20-27/h1-11,13,19-23,26,39,49H,12,14-18,24-25H2,(H,47,51). The molecule has 4 aromatic heterocycles. The van der Waals surface area contributed by atoms with Gasteiger partial charge in [-0.15, -0.1) is 0 Å². The van der Waals surface area contributed by atoms with E-state index in [0.29, 0.717) is 72.6 Å². The summed E-state index contributed by atoms with van der Waals surface area (Å²) in [7, 11) is 0. The number of amides is 1.